The summed E-state index contributed by atoms with van der Waals surface area (Å²) in [6, 6.07) is 2.11. The summed E-state index contributed by atoms with van der Waals surface area (Å²) in [6.45, 7) is 16.3. The van der Waals surface area contributed by atoms with Crippen molar-refractivity contribution in [3.8, 4) is 0 Å². The van der Waals surface area contributed by atoms with Crippen LogP contribution < -0.4 is 10.6 Å². The van der Waals surface area contributed by atoms with Gasteiger partial charge in [-0.25, -0.2) is 0 Å². The van der Waals surface area contributed by atoms with Gasteiger partial charge in [-0.05, 0) is 57.4 Å². The molecule has 0 amide bonds. The molecular weight excluding hydrogens is 326 g/mol. The number of aliphatic hydroxyl groups is 1. The third kappa shape index (κ3) is 6.98. The Bertz CT molecular complexity index is 548. The summed E-state index contributed by atoms with van der Waals surface area (Å²) in [5.41, 5.74) is 2.36. The molecule has 0 aliphatic rings. The minimum absolute atomic E-state index is 0.0897. The molecule has 0 saturated heterocycles. The molecule has 0 aliphatic heterocycles. The normalized spacial score (nSPS) is 13.7. The zero-order chi connectivity index (χ0) is 19.6. The van der Waals surface area contributed by atoms with Crippen molar-refractivity contribution in [2.45, 2.75) is 67.3 Å². The number of nitrogens with one attached hydrogen (secondary N) is 2. The Morgan fingerprint density at radius 1 is 1.27 bits per heavy atom. The van der Waals surface area contributed by atoms with E-state index in [1.54, 1.807) is 0 Å². The Balaban J connectivity index is 2.64. The van der Waals surface area contributed by atoms with Gasteiger partial charge in [-0.2, -0.15) is 5.10 Å². The maximum Gasteiger partial charge on any atom is 0.191 e. The Morgan fingerprint density at radius 2 is 1.96 bits per heavy atom. The first-order chi connectivity index (χ1) is 12.4. The van der Waals surface area contributed by atoms with Gasteiger partial charge in [-0.1, -0.05) is 20.8 Å². The molecule has 0 fully saturated rings. The Kier molecular flexibility index (Phi) is 9.70. The number of rotatable bonds is 11. The van der Waals surface area contributed by atoms with E-state index in [0.717, 1.165) is 57.1 Å². The molecule has 1 aromatic heterocycles. The van der Waals surface area contributed by atoms with E-state index in [0.29, 0.717) is 5.92 Å². The summed E-state index contributed by atoms with van der Waals surface area (Å²) in [4.78, 5) is 4.81. The van der Waals surface area contributed by atoms with Gasteiger partial charge >= 0.3 is 0 Å². The second-order valence-electron chi connectivity index (χ2n) is 7.47. The van der Waals surface area contributed by atoms with E-state index in [9.17, 15) is 5.11 Å². The lowest BCUT2D eigenvalue weighted by molar-refractivity contribution is 0.175. The van der Waals surface area contributed by atoms with Crippen LogP contribution >= 0.6 is 0 Å². The number of aliphatic imine (C=N–C) groups is 1. The molecular formula is C20H39N5O. The van der Waals surface area contributed by atoms with Gasteiger partial charge in [-0.15, -0.1) is 0 Å². The van der Waals surface area contributed by atoms with Gasteiger partial charge in [0.05, 0.1) is 5.69 Å². The van der Waals surface area contributed by atoms with Gasteiger partial charge in [-0.3, -0.25) is 9.67 Å². The van der Waals surface area contributed by atoms with Crippen LogP contribution in [-0.2, 0) is 6.54 Å². The van der Waals surface area contributed by atoms with Crippen molar-refractivity contribution in [3.63, 3.8) is 0 Å². The van der Waals surface area contributed by atoms with E-state index in [1.165, 1.54) is 5.69 Å². The second kappa shape index (κ2) is 11.2. The minimum atomic E-state index is 0.0897. The van der Waals surface area contributed by atoms with Crippen LogP contribution in [0.25, 0.3) is 0 Å². The van der Waals surface area contributed by atoms with Crippen LogP contribution in [0.4, 0.5) is 0 Å². The van der Waals surface area contributed by atoms with Crippen molar-refractivity contribution in [2.24, 2.45) is 16.3 Å². The molecule has 26 heavy (non-hydrogen) atoms. The zero-order valence-corrected chi connectivity index (χ0v) is 17.6. The maximum atomic E-state index is 9.39. The molecule has 1 aromatic rings. The number of hydrogen-bond acceptors (Lipinski definition) is 3. The third-order valence-electron chi connectivity index (χ3n) is 5.26. The average Bonchev–Trinajstić information content (AvgIpc) is 2.93. The van der Waals surface area contributed by atoms with Crippen LogP contribution in [-0.4, -0.2) is 47.1 Å². The number of aromatic nitrogens is 2. The number of guanidine groups is 1. The van der Waals surface area contributed by atoms with E-state index in [-0.39, 0.29) is 12.0 Å². The van der Waals surface area contributed by atoms with E-state index < -0.39 is 0 Å². The Morgan fingerprint density at radius 3 is 2.46 bits per heavy atom. The first-order valence-corrected chi connectivity index (χ1v) is 10.0. The van der Waals surface area contributed by atoms with E-state index >= 15 is 0 Å². The topological polar surface area (TPSA) is 74.5 Å². The highest BCUT2D eigenvalue weighted by Crippen LogP contribution is 2.30. The third-order valence-corrected chi connectivity index (χ3v) is 5.26. The number of hydrogen-bond donors (Lipinski definition) is 3. The quantitative estimate of drug-likeness (QED) is 0.416. The molecule has 1 unspecified atom stereocenters. The van der Waals surface area contributed by atoms with Crippen LogP contribution in [0.2, 0.25) is 0 Å². The molecule has 0 spiro atoms. The monoisotopic (exact) mass is 365 g/mol. The van der Waals surface area contributed by atoms with Crippen LogP contribution in [0.3, 0.4) is 0 Å². The first kappa shape index (κ1) is 22.5. The van der Waals surface area contributed by atoms with Crippen molar-refractivity contribution < 1.29 is 5.11 Å². The predicted molar refractivity (Wildman–Crippen MR) is 110 cm³/mol. The highest BCUT2D eigenvalue weighted by Gasteiger charge is 2.25. The molecule has 6 heteroatoms. The molecule has 1 rings (SSSR count). The molecule has 3 N–H and O–H groups in total. The standard InChI is InChI=1S/C20H39N5O/c1-7-20(8-2,10-11-26)15-23-19(21-9-3)22-13-16(4)14-25-18(6)12-17(5)24-25/h12,16,26H,7-11,13-15H2,1-6H3,(H2,21,22,23). The van der Waals surface area contributed by atoms with Crippen LogP contribution in [0, 0.1) is 25.2 Å². The lowest BCUT2D eigenvalue weighted by Crippen LogP contribution is -2.41. The van der Waals surface area contributed by atoms with Gasteiger partial charge in [0.1, 0.15) is 0 Å². The SMILES string of the molecule is CCNC(=NCC(CC)(CC)CCO)NCC(C)Cn1nc(C)cc1C. The van der Waals surface area contributed by atoms with Crippen LogP contribution in [0.5, 0.6) is 0 Å². The fourth-order valence-electron chi connectivity index (χ4n) is 3.22. The summed E-state index contributed by atoms with van der Waals surface area (Å²) in [7, 11) is 0. The number of aryl methyl sites for hydroxylation is 2. The highest BCUT2D eigenvalue weighted by atomic mass is 16.3. The van der Waals surface area contributed by atoms with Gasteiger partial charge < -0.3 is 15.7 Å². The van der Waals surface area contributed by atoms with Gasteiger partial charge in [0.15, 0.2) is 5.96 Å². The van der Waals surface area contributed by atoms with Crippen LogP contribution in [0.15, 0.2) is 11.1 Å². The molecule has 0 aromatic carbocycles. The van der Waals surface area contributed by atoms with Crippen molar-refractivity contribution in [1.29, 1.82) is 0 Å². The van der Waals surface area contributed by atoms with Gasteiger partial charge in [0.25, 0.3) is 0 Å². The van der Waals surface area contributed by atoms with E-state index in [1.807, 2.05) is 6.92 Å². The minimum Gasteiger partial charge on any atom is -0.396 e. The lowest BCUT2D eigenvalue weighted by atomic mass is 9.79. The zero-order valence-electron chi connectivity index (χ0n) is 17.6. The predicted octanol–water partition coefficient (Wildman–Crippen LogP) is 2.88. The largest absolute Gasteiger partial charge is 0.396 e. The fourth-order valence-corrected chi connectivity index (χ4v) is 3.22. The average molecular weight is 366 g/mol. The summed E-state index contributed by atoms with van der Waals surface area (Å²) >= 11 is 0. The molecule has 6 nitrogen and oxygen atoms in total. The molecule has 0 radical (unpaired) electrons. The van der Waals surface area contributed by atoms with Crippen LogP contribution in [0.1, 0.15) is 58.3 Å². The number of nitrogens with zero attached hydrogens (tertiary/aromatic N) is 3. The van der Waals surface area contributed by atoms with Crippen molar-refractivity contribution in [2.75, 3.05) is 26.2 Å². The van der Waals surface area contributed by atoms with Crippen molar-refractivity contribution >= 4 is 5.96 Å². The molecule has 0 saturated carbocycles. The molecule has 150 valence electrons. The fraction of sp³-hybridized carbons (Fsp3) is 0.800. The van der Waals surface area contributed by atoms with Gasteiger partial charge in [0.2, 0.25) is 0 Å². The van der Waals surface area contributed by atoms with Crippen molar-refractivity contribution in [3.05, 3.63) is 17.5 Å². The molecule has 0 aliphatic carbocycles. The smallest absolute Gasteiger partial charge is 0.191 e. The Labute approximate surface area is 159 Å². The van der Waals surface area contributed by atoms with E-state index in [4.69, 9.17) is 4.99 Å². The number of aliphatic hydroxyl groups excluding tert-OH is 1. The Hall–Kier alpha value is -1.56. The first-order valence-electron chi connectivity index (χ1n) is 10.0. The summed E-state index contributed by atoms with van der Waals surface area (Å²) in [6.07, 6.45) is 2.86. The lowest BCUT2D eigenvalue weighted by Gasteiger charge is -2.29. The van der Waals surface area contributed by atoms with Gasteiger partial charge in [0, 0.05) is 38.5 Å². The summed E-state index contributed by atoms with van der Waals surface area (Å²) < 4.78 is 2.08. The maximum absolute atomic E-state index is 9.39. The second-order valence-corrected chi connectivity index (χ2v) is 7.47. The highest BCUT2D eigenvalue weighted by molar-refractivity contribution is 5.79. The van der Waals surface area contributed by atoms with E-state index in [2.05, 4.69) is 61.1 Å². The summed E-state index contributed by atoms with van der Waals surface area (Å²) in [5, 5.41) is 20.7. The molecule has 1 atom stereocenters. The molecule has 1 heterocycles. The van der Waals surface area contributed by atoms with Crippen molar-refractivity contribution in [1.82, 2.24) is 20.4 Å². The summed E-state index contributed by atoms with van der Waals surface area (Å²) in [5.74, 6) is 1.30. The molecule has 0 bridgehead atoms.